The van der Waals surface area contributed by atoms with E-state index in [1.807, 2.05) is 0 Å². The van der Waals surface area contributed by atoms with Crippen molar-refractivity contribution in [3.05, 3.63) is 64.0 Å². The van der Waals surface area contributed by atoms with Gasteiger partial charge in [0.2, 0.25) is 0 Å². The Morgan fingerprint density at radius 3 is 2.76 bits per heavy atom. The van der Waals surface area contributed by atoms with Crippen LogP contribution < -0.4 is 16.6 Å². The highest BCUT2D eigenvalue weighted by molar-refractivity contribution is 5.95. The van der Waals surface area contributed by atoms with Gasteiger partial charge in [0.25, 0.3) is 11.6 Å². The van der Waals surface area contributed by atoms with Crippen molar-refractivity contribution in [3.8, 4) is 0 Å². The van der Waals surface area contributed by atoms with E-state index in [1.54, 1.807) is 24.4 Å². The molecular formula is C13H13N5O3. The average Bonchev–Trinajstić information content (AvgIpc) is 2.52. The number of pyridine rings is 1. The lowest BCUT2D eigenvalue weighted by Gasteiger charge is -2.06. The lowest BCUT2D eigenvalue weighted by Crippen LogP contribution is -2.23. The van der Waals surface area contributed by atoms with Gasteiger partial charge >= 0.3 is 0 Å². The molecule has 0 atom stereocenters. The molecule has 8 nitrogen and oxygen atoms in total. The molecule has 0 fully saturated rings. The number of nitro benzene ring substituents is 1. The summed E-state index contributed by atoms with van der Waals surface area (Å²) in [5, 5.41) is 13.5. The Morgan fingerprint density at radius 2 is 2.14 bits per heavy atom. The molecule has 0 saturated carbocycles. The highest BCUT2D eigenvalue weighted by Crippen LogP contribution is 2.24. The van der Waals surface area contributed by atoms with Crippen LogP contribution in [0.1, 0.15) is 16.1 Å². The fourth-order valence-electron chi connectivity index (χ4n) is 1.72. The normalized spacial score (nSPS) is 9.95. The number of benzene rings is 1. The van der Waals surface area contributed by atoms with Crippen LogP contribution >= 0.6 is 0 Å². The number of nitro groups is 1. The molecule has 0 unspecified atom stereocenters. The summed E-state index contributed by atoms with van der Waals surface area (Å²) in [6.07, 6.45) is 1.62. The molecule has 0 spiro atoms. The predicted molar refractivity (Wildman–Crippen MR) is 76.3 cm³/mol. The maximum atomic E-state index is 12.0. The topological polar surface area (TPSA) is 123 Å². The number of nitrogens with two attached hydrogens (primary N) is 1. The predicted octanol–water partition coefficient (Wildman–Crippen LogP) is 1.21. The van der Waals surface area contributed by atoms with Crippen molar-refractivity contribution in [1.82, 2.24) is 10.3 Å². The molecule has 0 bridgehead atoms. The number of carbonyl (C=O) groups is 1. The van der Waals surface area contributed by atoms with E-state index in [1.165, 1.54) is 18.2 Å². The third-order valence-corrected chi connectivity index (χ3v) is 2.77. The van der Waals surface area contributed by atoms with Gasteiger partial charge in [0.05, 0.1) is 17.2 Å². The second-order valence-corrected chi connectivity index (χ2v) is 4.14. The van der Waals surface area contributed by atoms with E-state index < -0.39 is 10.8 Å². The van der Waals surface area contributed by atoms with Gasteiger partial charge in [-0.05, 0) is 24.3 Å². The summed E-state index contributed by atoms with van der Waals surface area (Å²) in [7, 11) is 0. The van der Waals surface area contributed by atoms with Crippen molar-refractivity contribution in [2.45, 2.75) is 6.54 Å². The average molecular weight is 287 g/mol. The first kappa shape index (κ1) is 14.4. The Balaban J connectivity index is 2.12. The zero-order valence-electron chi connectivity index (χ0n) is 10.9. The molecule has 0 aliphatic heterocycles. The largest absolute Gasteiger partial charge is 0.346 e. The number of hydrazine groups is 1. The SMILES string of the molecule is NNc1ccc(C(=O)NCc2ccccn2)cc1[N+](=O)[O-]. The minimum atomic E-state index is -0.606. The molecular weight excluding hydrogens is 274 g/mol. The molecule has 0 aliphatic carbocycles. The Bertz CT molecular complexity index is 660. The van der Waals surface area contributed by atoms with Crippen LogP contribution in [-0.2, 0) is 6.54 Å². The Labute approximate surface area is 120 Å². The number of anilines is 1. The van der Waals surface area contributed by atoms with Crippen molar-refractivity contribution in [1.29, 1.82) is 0 Å². The number of rotatable bonds is 5. The Kier molecular flexibility index (Phi) is 4.42. The van der Waals surface area contributed by atoms with Crippen molar-refractivity contribution < 1.29 is 9.72 Å². The van der Waals surface area contributed by atoms with Gasteiger partial charge in [-0.1, -0.05) is 6.07 Å². The number of nitrogen functional groups attached to an aromatic ring is 1. The molecule has 4 N–H and O–H groups in total. The molecule has 8 heteroatoms. The molecule has 1 amide bonds. The highest BCUT2D eigenvalue weighted by atomic mass is 16.6. The smallest absolute Gasteiger partial charge is 0.294 e. The molecule has 1 heterocycles. The first-order chi connectivity index (χ1) is 10.1. The summed E-state index contributed by atoms with van der Waals surface area (Å²) < 4.78 is 0. The van der Waals surface area contributed by atoms with E-state index in [4.69, 9.17) is 5.84 Å². The van der Waals surface area contributed by atoms with Crippen LogP contribution in [0.2, 0.25) is 0 Å². The fourth-order valence-corrected chi connectivity index (χ4v) is 1.72. The van der Waals surface area contributed by atoms with Gasteiger partial charge in [-0.2, -0.15) is 0 Å². The van der Waals surface area contributed by atoms with Crippen LogP contribution in [0, 0.1) is 10.1 Å². The zero-order valence-corrected chi connectivity index (χ0v) is 10.9. The van der Waals surface area contributed by atoms with E-state index in [0.29, 0.717) is 5.69 Å². The van der Waals surface area contributed by atoms with Crippen LogP contribution in [0.5, 0.6) is 0 Å². The molecule has 0 radical (unpaired) electrons. The number of nitrogens with one attached hydrogen (secondary N) is 2. The van der Waals surface area contributed by atoms with Crippen molar-refractivity contribution in [2.75, 3.05) is 5.43 Å². The Morgan fingerprint density at radius 1 is 1.33 bits per heavy atom. The van der Waals surface area contributed by atoms with Crippen LogP contribution in [0.3, 0.4) is 0 Å². The van der Waals surface area contributed by atoms with Gasteiger partial charge in [-0.3, -0.25) is 25.7 Å². The molecule has 2 rings (SSSR count). The summed E-state index contributed by atoms with van der Waals surface area (Å²) in [6, 6.07) is 9.35. The fraction of sp³-hybridized carbons (Fsp3) is 0.0769. The maximum Gasteiger partial charge on any atom is 0.294 e. The number of hydrogen-bond donors (Lipinski definition) is 3. The highest BCUT2D eigenvalue weighted by Gasteiger charge is 2.16. The van der Waals surface area contributed by atoms with E-state index in [2.05, 4.69) is 15.7 Å². The summed E-state index contributed by atoms with van der Waals surface area (Å²) >= 11 is 0. The van der Waals surface area contributed by atoms with E-state index in [-0.39, 0.29) is 23.5 Å². The molecule has 21 heavy (non-hydrogen) atoms. The second-order valence-electron chi connectivity index (χ2n) is 4.14. The van der Waals surface area contributed by atoms with Gasteiger partial charge in [0, 0.05) is 17.8 Å². The number of hydrogen-bond acceptors (Lipinski definition) is 6. The van der Waals surface area contributed by atoms with Crippen molar-refractivity contribution in [3.63, 3.8) is 0 Å². The third-order valence-electron chi connectivity index (χ3n) is 2.77. The minimum Gasteiger partial charge on any atom is -0.346 e. The van der Waals surface area contributed by atoms with Crippen LogP contribution in [-0.4, -0.2) is 15.8 Å². The minimum absolute atomic E-state index is 0.140. The third kappa shape index (κ3) is 3.51. The van der Waals surface area contributed by atoms with E-state index in [0.717, 1.165) is 0 Å². The first-order valence-electron chi connectivity index (χ1n) is 6.05. The quantitative estimate of drug-likeness (QED) is 0.431. The van der Waals surface area contributed by atoms with Crippen LogP contribution in [0.4, 0.5) is 11.4 Å². The van der Waals surface area contributed by atoms with Crippen LogP contribution in [0.15, 0.2) is 42.6 Å². The monoisotopic (exact) mass is 287 g/mol. The lowest BCUT2D eigenvalue weighted by molar-refractivity contribution is -0.384. The molecule has 0 saturated heterocycles. The number of amides is 1. The molecule has 0 aliphatic rings. The van der Waals surface area contributed by atoms with E-state index in [9.17, 15) is 14.9 Å². The van der Waals surface area contributed by atoms with Crippen molar-refractivity contribution >= 4 is 17.3 Å². The van der Waals surface area contributed by atoms with Crippen LogP contribution in [0.25, 0.3) is 0 Å². The zero-order chi connectivity index (χ0) is 15.2. The first-order valence-corrected chi connectivity index (χ1v) is 6.05. The van der Waals surface area contributed by atoms with Crippen molar-refractivity contribution in [2.24, 2.45) is 5.84 Å². The molecule has 1 aromatic carbocycles. The summed E-state index contributed by atoms with van der Waals surface area (Å²) in [5.74, 6) is 4.76. The summed E-state index contributed by atoms with van der Waals surface area (Å²) in [4.78, 5) is 26.3. The van der Waals surface area contributed by atoms with E-state index >= 15 is 0 Å². The Hall–Kier alpha value is -3.00. The molecule has 1 aromatic heterocycles. The summed E-state index contributed by atoms with van der Waals surface area (Å²) in [6.45, 7) is 0.240. The van der Waals surface area contributed by atoms with Gasteiger partial charge in [-0.25, -0.2) is 0 Å². The van der Waals surface area contributed by atoms with Gasteiger partial charge in [0.1, 0.15) is 5.69 Å². The van der Waals surface area contributed by atoms with Gasteiger partial charge in [-0.15, -0.1) is 0 Å². The molecule has 2 aromatic rings. The van der Waals surface area contributed by atoms with Gasteiger partial charge in [0.15, 0.2) is 0 Å². The number of nitrogens with zero attached hydrogens (tertiary/aromatic N) is 2. The lowest BCUT2D eigenvalue weighted by atomic mass is 10.1. The standard InChI is InChI=1S/C13H13N5O3/c14-17-11-5-4-9(7-12(11)18(20)21)13(19)16-8-10-3-1-2-6-15-10/h1-7,17H,8,14H2,(H,16,19). The summed E-state index contributed by atoms with van der Waals surface area (Å²) in [5.41, 5.74) is 2.97. The second kappa shape index (κ2) is 6.44. The maximum absolute atomic E-state index is 12.0. The molecule has 108 valence electrons. The van der Waals surface area contributed by atoms with Gasteiger partial charge < -0.3 is 10.7 Å². The number of aromatic nitrogens is 1. The number of carbonyl (C=O) groups excluding carboxylic acids is 1.